The van der Waals surface area contributed by atoms with Gasteiger partial charge in [0.15, 0.2) is 0 Å². The van der Waals surface area contributed by atoms with Crippen LogP contribution in [0.1, 0.15) is 27.2 Å². The molecule has 19 heavy (non-hydrogen) atoms. The summed E-state index contributed by atoms with van der Waals surface area (Å²) in [6.07, 6.45) is 2.31. The van der Waals surface area contributed by atoms with Gasteiger partial charge in [0.2, 0.25) is 5.54 Å². The molecular formula is C14H23NO4. The van der Waals surface area contributed by atoms with E-state index in [0.717, 1.165) is 0 Å². The van der Waals surface area contributed by atoms with Gasteiger partial charge in [0.05, 0.1) is 13.2 Å². The van der Waals surface area contributed by atoms with Crippen molar-refractivity contribution < 1.29 is 19.1 Å². The van der Waals surface area contributed by atoms with E-state index in [4.69, 9.17) is 9.47 Å². The molecule has 0 bridgehead atoms. The molecule has 0 aliphatic carbocycles. The van der Waals surface area contributed by atoms with E-state index in [1.165, 1.54) is 0 Å². The van der Waals surface area contributed by atoms with Crippen LogP contribution in [0.25, 0.3) is 0 Å². The van der Waals surface area contributed by atoms with E-state index in [0.29, 0.717) is 13.0 Å². The summed E-state index contributed by atoms with van der Waals surface area (Å²) in [5.74, 6) is -1.12. The summed E-state index contributed by atoms with van der Waals surface area (Å²) in [6.45, 7) is 10.1. The Morgan fingerprint density at radius 1 is 1.26 bits per heavy atom. The number of rotatable bonds is 5. The zero-order chi connectivity index (χ0) is 14.7. The van der Waals surface area contributed by atoms with Crippen LogP contribution in [0.15, 0.2) is 12.7 Å². The minimum Gasteiger partial charge on any atom is -0.464 e. The van der Waals surface area contributed by atoms with Crippen LogP contribution in [0.3, 0.4) is 0 Å². The lowest BCUT2D eigenvalue weighted by Gasteiger charge is -2.40. The maximum absolute atomic E-state index is 12.5. The Labute approximate surface area is 114 Å². The maximum Gasteiger partial charge on any atom is 0.339 e. The Balaban J connectivity index is 3.35. The molecule has 1 atom stereocenters. The van der Waals surface area contributed by atoms with Crippen molar-refractivity contribution in [2.45, 2.75) is 32.7 Å². The standard InChI is InChI=1S/C14H23NO4/c1-6-13(4)9-10-15(5)14(13,11(16)18-7-2)12(17)19-8-3/h6H,1,7-10H2,2-5H3. The molecule has 0 N–H and O–H groups in total. The largest absolute Gasteiger partial charge is 0.464 e. The first-order valence-corrected chi connectivity index (χ1v) is 6.60. The molecule has 0 radical (unpaired) electrons. The topological polar surface area (TPSA) is 55.8 Å². The lowest BCUT2D eigenvalue weighted by molar-refractivity contribution is -0.177. The molecule has 0 spiro atoms. The van der Waals surface area contributed by atoms with Crippen molar-refractivity contribution in [2.24, 2.45) is 5.41 Å². The van der Waals surface area contributed by atoms with Crippen molar-refractivity contribution >= 4 is 11.9 Å². The van der Waals surface area contributed by atoms with Crippen molar-refractivity contribution in [2.75, 3.05) is 26.8 Å². The summed E-state index contributed by atoms with van der Waals surface area (Å²) in [6, 6.07) is 0. The smallest absolute Gasteiger partial charge is 0.339 e. The van der Waals surface area contributed by atoms with Gasteiger partial charge in [0.1, 0.15) is 0 Å². The number of ether oxygens (including phenoxy) is 2. The summed E-state index contributed by atoms with van der Waals surface area (Å²) in [4.78, 5) is 26.6. The normalized spacial score (nSPS) is 25.9. The van der Waals surface area contributed by atoms with Gasteiger partial charge in [-0.15, -0.1) is 6.58 Å². The van der Waals surface area contributed by atoms with Crippen molar-refractivity contribution in [1.82, 2.24) is 4.90 Å². The highest BCUT2D eigenvalue weighted by Gasteiger charge is 2.66. The second-order valence-corrected chi connectivity index (χ2v) is 4.94. The van der Waals surface area contributed by atoms with E-state index in [2.05, 4.69) is 6.58 Å². The first-order chi connectivity index (χ1) is 8.90. The molecule has 0 aromatic carbocycles. The van der Waals surface area contributed by atoms with Gasteiger partial charge in [-0.1, -0.05) is 13.0 Å². The van der Waals surface area contributed by atoms with E-state index in [-0.39, 0.29) is 13.2 Å². The number of carbonyl (C=O) groups excluding carboxylic acids is 2. The van der Waals surface area contributed by atoms with Gasteiger partial charge in [-0.05, 0) is 27.3 Å². The van der Waals surface area contributed by atoms with Crippen molar-refractivity contribution in [3.63, 3.8) is 0 Å². The number of nitrogens with zero attached hydrogens (tertiary/aromatic N) is 1. The number of likely N-dealkylation sites (tertiary alicyclic amines) is 1. The molecule has 1 saturated heterocycles. The first-order valence-electron chi connectivity index (χ1n) is 6.60. The fraction of sp³-hybridized carbons (Fsp3) is 0.714. The highest BCUT2D eigenvalue weighted by Crippen LogP contribution is 2.47. The van der Waals surface area contributed by atoms with Crippen LogP contribution in [0.2, 0.25) is 0 Å². The molecule has 1 aliphatic heterocycles. The summed E-state index contributed by atoms with van der Waals surface area (Å²) in [5.41, 5.74) is -2.12. The molecule has 1 rings (SSSR count). The molecule has 0 saturated carbocycles. The predicted molar refractivity (Wildman–Crippen MR) is 71.5 cm³/mol. The molecule has 1 aliphatic rings. The lowest BCUT2D eigenvalue weighted by atomic mass is 9.71. The van der Waals surface area contributed by atoms with E-state index >= 15 is 0 Å². The van der Waals surface area contributed by atoms with Gasteiger partial charge in [-0.2, -0.15) is 0 Å². The van der Waals surface area contributed by atoms with Gasteiger partial charge >= 0.3 is 11.9 Å². The minimum absolute atomic E-state index is 0.223. The van der Waals surface area contributed by atoms with Gasteiger partial charge in [-0.25, -0.2) is 9.59 Å². The van der Waals surface area contributed by atoms with Crippen LogP contribution in [-0.4, -0.2) is 49.2 Å². The van der Waals surface area contributed by atoms with E-state index < -0.39 is 22.9 Å². The Bertz CT molecular complexity index is 362. The average Bonchev–Trinajstić information content (AvgIpc) is 2.64. The molecule has 5 nitrogen and oxygen atoms in total. The molecule has 0 aromatic rings. The number of likely N-dealkylation sites (N-methyl/N-ethyl adjacent to an activating group) is 1. The molecule has 108 valence electrons. The molecule has 1 heterocycles. The second-order valence-electron chi connectivity index (χ2n) is 4.94. The molecule has 1 fully saturated rings. The average molecular weight is 269 g/mol. The van der Waals surface area contributed by atoms with Crippen molar-refractivity contribution in [3.05, 3.63) is 12.7 Å². The summed E-state index contributed by atoms with van der Waals surface area (Å²) in [5, 5.41) is 0. The van der Waals surface area contributed by atoms with Crippen LogP contribution >= 0.6 is 0 Å². The highest BCUT2D eigenvalue weighted by atomic mass is 16.6. The van der Waals surface area contributed by atoms with E-state index in [1.54, 1.807) is 31.9 Å². The van der Waals surface area contributed by atoms with Crippen LogP contribution in [-0.2, 0) is 19.1 Å². The van der Waals surface area contributed by atoms with Gasteiger partial charge in [0, 0.05) is 12.0 Å². The maximum atomic E-state index is 12.5. The number of hydrogen-bond donors (Lipinski definition) is 0. The third-order valence-electron chi connectivity index (χ3n) is 3.96. The predicted octanol–water partition coefficient (Wildman–Crippen LogP) is 1.38. The number of hydrogen-bond acceptors (Lipinski definition) is 5. The third kappa shape index (κ3) is 2.16. The Kier molecular flexibility index (Phi) is 4.74. The van der Waals surface area contributed by atoms with E-state index in [9.17, 15) is 9.59 Å². The molecule has 0 aromatic heterocycles. The van der Waals surface area contributed by atoms with Crippen LogP contribution in [0.4, 0.5) is 0 Å². The van der Waals surface area contributed by atoms with Crippen LogP contribution in [0.5, 0.6) is 0 Å². The fourth-order valence-corrected chi connectivity index (χ4v) is 2.77. The molecule has 5 heteroatoms. The van der Waals surface area contributed by atoms with Crippen molar-refractivity contribution in [1.29, 1.82) is 0 Å². The summed E-state index contributed by atoms with van der Waals surface area (Å²) < 4.78 is 10.3. The monoisotopic (exact) mass is 269 g/mol. The first kappa shape index (κ1) is 15.7. The summed E-state index contributed by atoms with van der Waals surface area (Å²) >= 11 is 0. The molecule has 1 unspecified atom stereocenters. The van der Waals surface area contributed by atoms with E-state index in [1.807, 2.05) is 6.92 Å². The SMILES string of the molecule is C=CC1(C)CCN(C)C1(C(=O)OCC)C(=O)OCC. The van der Waals surface area contributed by atoms with Crippen LogP contribution in [0, 0.1) is 5.41 Å². The Hall–Kier alpha value is -1.36. The Morgan fingerprint density at radius 3 is 2.11 bits per heavy atom. The quantitative estimate of drug-likeness (QED) is 0.429. The number of esters is 2. The highest BCUT2D eigenvalue weighted by molar-refractivity contribution is 6.06. The zero-order valence-electron chi connectivity index (χ0n) is 12.2. The van der Waals surface area contributed by atoms with Crippen molar-refractivity contribution in [3.8, 4) is 0 Å². The zero-order valence-corrected chi connectivity index (χ0v) is 12.2. The van der Waals surface area contributed by atoms with Crippen LogP contribution < -0.4 is 0 Å². The molecule has 0 amide bonds. The number of carbonyl (C=O) groups is 2. The third-order valence-corrected chi connectivity index (χ3v) is 3.96. The molecular weight excluding hydrogens is 246 g/mol. The fourth-order valence-electron chi connectivity index (χ4n) is 2.77. The lowest BCUT2D eigenvalue weighted by Crippen LogP contribution is -2.63. The van der Waals surface area contributed by atoms with Gasteiger partial charge < -0.3 is 9.47 Å². The van der Waals surface area contributed by atoms with Gasteiger partial charge in [0.25, 0.3) is 0 Å². The minimum atomic E-state index is -1.43. The summed E-state index contributed by atoms with van der Waals surface area (Å²) in [7, 11) is 1.74. The second kappa shape index (κ2) is 5.74. The Morgan fingerprint density at radius 2 is 1.74 bits per heavy atom. The van der Waals surface area contributed by atoms with Gasteiger partial charge in [-0.3, -0.25) is 4.90 Å².